The number of aliphatic hydroxyl groups is 1. The first kappa shape index (κ1) is 19.1. The first-order valence-electron chi connectivity index (χ1n) is 9.64. The van der Waals surface area contributed by atoms with Gasteiger partial charge in [0.15, 0.2) is 5.13 Å². The Morgan fingerprint density at radius 3 is 3.04 bits per heavy atom. The Morgan fingerprint density at radius 2 is 2.21 bits per heavy atom. The van der Waals surface area contributed by atoms with E-state index in [-0.39, 0.29) is 6.10 Å². The van der Waals surface area contributed by atoms with Gasteiger partial charge in [-0.25, -0.2) is 4.98 Å². The van der Waals surface area contributed by atoms with E-state index in [1.54, 1.807) is 18.3 Å². The molecule has 1 aliphatic heterocycles. The number of hydrogen-bond acceptors (Lipinski definition) is 7. The molecule has 1 aromatic carbocycles. The molecule has 6 nitrogen and oxygen atoms in total. The number of likely N-dealkylation sites (tertiary alicyclic amines) is 1. The first-order chi connectivity index (χ1) is 13.5. The second-order valence-corrected chi connectivity index (χ2v) is 8.60. The second-order valence-electron chi connectivity index (χ2n) is 7.48. The fourth-order valence-electron chi connectivity index (χ4n) is 3.72. The molecular formula is C21H26N4O2S. The molecule has 0 spiro atoms. The highest BCUT2D eigenvalue weighted by atomic mass is 32.1. The molecular weight excluding hydrogens is 372 g/mol. The summed E-state index contributed by atoms with van der Waals surface area (Å²) >= 11 is 1.59. The lowest BCUT2D eigenvalue weighted by molar-refractivity contribution is 0.197. The molecule has 7 heteroatoms. The largest absolute Gasteiger partial charge is 0.488 e. The summed E-state index contributed by atoms with van der Waals surface area (Å²) in [6.45, 7) is 7.67. The average molecular weight is 399 g/mol. The number of nitrogens with zero attached hydrogens (tertiary/aromatic N) is 3. The van der Waals surface area contributed by atoms with Crippen LogP contribution in [0.25, 0.3) is 10.9 Å². The molecule has 3 atom stereocenters. The number of aryl methyl sites for hydroxylation is 1. The number of benzene rings is 1. The Bertz CT molecular complexity index is 958. The number of nitrogens with one attached hydrogen (secondary N) is 1. The van der Waals surface area contributed by atoms with Crippen LogP contribution in [0.3, 0.4) is 0 Å². The van der Waals surface area contributed by atoms with Gasteiger partial charge < -0.3 is 15.2 Å². The van der Waals surface area contributed by atoms with E-state index in [1.165, 1.54) is 4.88 Å². The molecule has 1 fully saturated rings. The highest BCUT2D eigenvalue weighted by Gasteiger charge is 2.31. The van der Waals surface area contributed by atoms with E-state index in [9.17, 15) is 5.11 Å². The van der Waals surface area contributed by atoms with E-state index < -0.39 is 6.23 Å². The number of thiazole rings is 1. The van der Waals surface area contributed by atoms with Crippen LogP contribution in [0.2, 0.25) is 0 Å². The normalized spacial score (nSPS) is 21.1. The molecule has 3 heterocycles. The molecule has 0 amide bonds. The standard InChI is InChI=1S/C21H26N4O2S/c1-13-8-20(18-6-4-5-7-19(18)23-13)27-16-9-14(2)25(11-16)12-17-10-22-21(28-17)24-15(3)26/h4-8,10,14-16,26H,9,11-12H2,1-3H3,(H,22,24)/t14-,15?,16+/m0/s1. The van der Waals surface area contributed by atoms with Crippen molar-refractivity contribution in [2.75, 3.05) is 11.9 Å². The molecule has 1 unspecified atom stereocenters. The minimum atomic E-state index is -0.596. The number of anilines is 1. The quantitative estimate of drug-likeness (QED) is 0.616. The average Bonchev–Trinajstić information content (AvgIpc) is 3.21. The molecule has 1 saturated heterocycles. The van der Waals surface area contributed by atoms with Crippen LogP contribution in [-0.4, -0.2) is 44.9 Å². The van der Waals surface area contributed by atoms with E-state index in [0.717, 1.165) is 47.0 Å². The molecule has 0 aliphatic carbocycles. The molecule has 0 saturated carbocycles. The number of aliphatic hydroxyl groups excluding tert-OH is 1. The van der Waals surface area contributed by atoms with Gasteiger partial charge in [-0.15, -0.1) is 11.3 Å². The topological polar surface area (TPSA) is 70.5 Å². The van der Waals surface area contributed by atoms with Crippen molar-refractivity contribution in [2.45, 2.75) is 52.1 Å². The van der Waals surface area contributed by atoms with Crippen molar-refractivity contribution in [1.29, 1.82) is 0 Å². The van der Waals surface area contributed by atoms with Gasteiger partial charge in [0.05, 0.1) is 5.52 Å². The summed E-state index contributed by atoms with van der Waals surface area (Å²) in [5, 5.41) is 14.2. The summed E-state index contributed by atoms with van der Waals surface area (Å²) < 4.78 is 6.43. The SMILES string of the molecule is Cc1cc(O[C@@H]2C[C@H](C)N(Cc3cnc(NC(C)O)s3)C2)c2ccccc2n1. The van der Waals surface area contributed by atoms with Gasteiger partial charge in [-0.3, -0.25) is 9.88 Å². The Labute approximate surface area is 169 Å². The van der Waals surface area contributed by atoms with Crippen LogP contribution in [0.15, 0.2) is 36.5 Å². The van der Waals surface area contributed by atoms with Gasteiger partial charge in [0, 0.05) is 53.8 Å². The minimum absolute atomic E-state index is 0.156. The zero-order valence-electron chi connectivity index (χ0n) is 16.4. The number of ether oxygens (including phenoxy) is 1. The lowest BCUT2D eigenvalue weighted by Gasteiger charge is -2.19. The van der Waals surface area contributed by atoms with Crippen LogP contribution in [0, 0.1) is 6.92 Å². The van der Waals surface area contributed by atoms with E-state index in [4.69, 9.17) is 4.74 Å². The van der Waals surface area contributed by atoms with Gasteiger partial charge in [-0.05, 0) is 32.9 Å². The van der Waals surface area contributed by atoms with Crippen LogP contribution >= 0.6 is 11.3 Å². The molecule has 1 aliphatic rings. The smallest absolute Gasteiger partial charge is 0.184 e. The lowest BCUT2D eigenvalue weighted by atomic mass is 10.1. The number of pyridine rings is 1. The summed E-state index contributed by atoms with van der Waals surface area (Å²) in [5.74, 6) is 0.920. The fourth-order valence-corrected chi connectivity index (χ4v) is 4.64. The van der Waals surface area contributed by atoms with Crippen LogP contribution in [0.4, 0.5) is 5.13 Å². The number of hydrogen-bond donors (Lipinski definition) is 2. The van der Waals surface area contributed by atoms with E-state index >= 15 is 0 Å². The minimum Gasteiger partial charge on any atom is -0.488 e. The van der Waals surface area contributed by atoms with Crippen molar-refractivity contribution in [3.63, 3.8) is 0 Å². The molecule has 3 aromatic rings. The van der Waals surface area contributed by atoms with E-state index in [1.807, 2.05) is 37.4 Å². The van der Waals surface area contributed by atoms with Gasteiger partial charge in [0.2, 0.25) is 0 Å². The maximum atomic E-state index is 9.44. The van der Waals surface area contributed by atoms with Crippen LogP contribution < -0.4 is 10.1 Å². The summed E-state index contributed by atoms with van der Waals surface area (Å²) in [7, 11) is 0. The summed E-state index contributed by atoms with van der Waals surface area (Å²) in [4.78, 5) is 12.5. The predicted molar refractivity (Wildman–Crippen MR) is 113 cm³/mol. The summed E-state index contributed by atoms with van der Waals surface area (Å²) in [6, 6.07) is 10.6. The van der Waals surface area contributed by atoms with Crippen molar-refractivity contribution in [3.8, 4) is 5.75 Å². The molecule has 0 radical (unpaired) electrons. The van der Waals surface area contributed by atoms with Gasteiger partial charge >= 0.3 is 0 Å². The lowest BCUT2D eigenvalue weighted by Crippen LogP contribution is -2.27. The highest BCUT2D eigenvalue weighted by Crippen LogP contribution is 2.30. The summed E-state index contributed by atoms with van der Waals surface area (Å²) in [5.41, 5.74) is 1.95. The number of para-hydroxylation sites is 1. The Hall–Kier alpha value is -2.22. The van der Waals surface area contributed by atoms with E-state index in [2.05, 4.69) is 33.2 Å². The van der Waals surface area contributed by atoms with Gasteiger partial charge in [0.25, 0.3) is 0 Å². The monoisotopic (exact) mass is 398 g/mol. The molecule has 2 aromatic heterocycles. The molecule has 0 bridgehead atoms. The first-order valence-corrected chi connectivity index (χ1v) is 10.5. The Kier molecular flexibility index (Phi) is 5.48. The van der Waals surface area contributed by atoms with Crippen molar-refractivity contribution < 1.29 is 9.84 Å². The number of rotatable bonds is 6. The molecule has 4 rings (SSSR count). The zero-order valence-corrected chi connectivity index (χ0v) is 17.2. The molecule has 2 N–H and O–H groups in total. The van der Waals surface area contributed by atoms with Crippen LogP contribution in [0.1, 0.15) is 30.8 Å². The second kappa shape index (κ2) is 8.03. The third kappa shape index (κ3) is 4.27. The van der Waals surface area contributed by atoms with Crippen LogP contribution in [0.5, 0.6) is 5.75 Å². The Morgan fingerprint density at radius 1 is 1.39 bits per heavy atom. The van der Waals surface area contributed by atoms with Gasteiger partial charge in [0.1, 0.15) is 18.1 Å². The molecule has 148 valence electrons. The van der Waals surface area contributed by atoms with E-state index in [0.29, 0.717) is 6.04 Å². The number of fused-ring (bicyclic) bond motifs is 1. The maximum absolute atomic E-state index is 9.44. The predicted octanol–water partition coefficient (Wildman–Crippen LogP) is 3.79. The van der Waals surface area contributed by atoms with Gasteiger partial charge in [-0.1, -0.05) is 12.1 Å². The fraction of sp³-hybridized carbons (Fsp3) is 0.429. The third-order valence-electron chi connectivity index (χ3n) is 5.01. The Balaban J connectivity index is 1.44. The van der Waals surface area contributed by atoms with Crippen molar-refractivity contribution in [1.82, 2.24) is 14.9 Å². The van der Waals surface area contributed by atoms with Crippen LogP contribution in [-0.2, 0) is 6.54 Å². The van der Waals surface area contributed by atoms with Crippen molar-refractivity contribution in [2.24, 2.45) is 0 Å². The highest BCUT2D eigenvalue weighted by molar-refractivity contribution is 7.15. The number of aromatic nitrogens is 2. The van der Waals surface area contributed by atoms with Crippen molar-refractivity contribution >= 4 is 27.4 Å². The van der Waals surface area contributed by atoms with Gasteiger partial charge in [-0.2, -0.15) is 0 Å². The van der Waals surface area contributed by atoms with Crippen molar-refractivity contribution in [3.05, 3.63) is 47.1 Å². The third-order valence-corrected chi connectivity index (χ3v) is 5.92. The zero-order chi connectivity index (χ0) is 19.7. The summed E-state index contributed by atoms with van der Waals surface area (Å²) in [6.07, 6.45) is 2.44. The molecule has 28 heavy (non-hydrogen) atoms. The maximum Gasteiger partial charge on any atom is 0.184 e.